The van der Waals surface area contributed by atoms with E-state index < -0.39 is 23.2 Å². The highest BCUT2D eigenvalue weighted by molar-refractivity contribution is 7.81. The summed E-state index contributed by atoms with van der Waals surface area (Å²) in [4.78, 5) is 36.5. The van der Waals surface area contributed by atoms with Crippen LogP contribution >= 0.6 is 12.6 Å². The molecule has 2 amide bonds. The van der Waals surface area contributed by atoms with Gasteiger partial charge >= 0.3 is 5.97 Å². The molecule has 0 aliphatic carbocycles. The van der Waals surface area contributed by atoms with Crippen molar-refractivity contribution in [3.05, 3.63) is 0 Å². The zero-order valence-corrected chi connectivity index (χ0v) is 18.1. The van der Waals surface area contributed by atoms with E-state index in [1.54, 1.807) is 0 Å². The predicted octanol–water partition coefficient (Wildman–Crippen LogP) is 1.97. The van der Waals surface area contributed by atoms with E-state index in [1.165, 1.54) is 0 Å². The van der Waals surface area contributed by atoms with Gasteiger partial charge in [0, 0.05) is 11.8 Å². The normalized spacial score (nSPS) is 22.1. The lowest BCUT2D eigenvalue weighted by atomic mass is 9.91. The van der Waals surface area contributed by atoms with Gasteiger partial charge in [-0.05, 0) is 57.5 Å². The fourth-order valence-electron chi connectivity index (χ4n) is 3.43. The number of hydrogen-bond donors (Lipinski definition) is 5. The first kappa shape index (κ1) is 24.8. The van der Waals surface area contributed by atoms with Crippen LogP contribution in [0.25, 0.3) is 0 Å². The lowest BCUT2D eigenvalue weighted by Crippen LogP contribution is -2.50. The van der Waals surface area contributed by atoms with Crippen molar-refractivity contribution in [1.29, 1.82) is 0 Å². The predicted molar refractivity (Wildman–Crippen MR) is 113 cm³/mol. The summed E-state index contributed by atoms with van der Waals surface area (Å²) in [6, 6.07) is -0.590. The van der Waals surface area contributed by atoms with E-state index in [9.17, 15) is 14.4 Å². The summed E-state index contributed by atoms with van der Waals surface area (Å²) in [5.74, 6) is -1.73. The summed E-state index contributed by atoms with van der Waals surface area (Å²) in [7, 11) is 0. The minimum absolute atomic E-state index is 0.155. The van der Waals surface area contributed by atoms with Crippen LogP contribution in [-0.4, -0.2) is 53.8 Å². The number of carbonyl (C=O) groups is 3. The van der Waals surface area contributed by atoms with Crippen LogP contribution in [0.1, 0.15) is 65.2 Å². The minimum atomic E-state index is -0.978. The Morgan fingerprint density at radius 2 is 1.79 bits per heavy atom. The number of hydrogen-bond acceptors (Lipinski definition) is 5. The number of amides is 2. The Kier molecular flexibility index (Phi) is 12.2. The molecule has 0 saturated carbocycles. The van der Waals surface area contributed by atoms with Gasteiger partial charge in [-0.25, -0.2) is 0 Å². The van der Waals surface area contributed by atoms with Gasteiger partial charge in [-0.15, -0.1) is 0 Å². The molecule has 4 N–H and O–H groups in total. The molecule has 0 aromatic rings. The third-order valence-corrected chi connectivity index (χ3v) is 5.51. The Morgan fingerprint density at radius 3 is 2.43 bits per heavy atom. The largest absolute Gasteiger partial charge is 0.481 e. The third kappa shape index (κ3) is 10.3. The molecule has 0 radical (unpaired) electrons. The number of rotatable bonds is 7. The molecule has 7 nitrogen and oxygen atoms in total. The number of carboxylic acid groups (broad SMARTS) is 1. The summed E-state index contributed by atoms with van der Waals surface area (Å²) in [6.07, 6.45) is 5.77. The fraction of sp³-hybridized carbons (Fsp3) is 0.850. The Morgan fingerprint density at radius 1 is 1.14 bits per heavy atom. The zero-order valence-electron chi connectivity index (χ0n) is 17.2. The molecule has 1 heterocycles. The van der Waals surface area contributed by atoms with Crippen molar-refractivity contribution >= 4 is 30.4 Å². The van der Waals surface area contributed by atoms with Crippen LogP contribution in [0.2, 0.25) is 0 Å². The first-order chi connectivity index (χ1) is 13.3. The van der Waals surface area contributed by atoms with E-state index in [0.29, 0.717) is 19.4 Å². The molecule has 3 atom stereocenters. The number of nitrogens with one attached hydrogen (secondary N) is 3. The van der Waals surface area contributed by atoms with Crippen molar-refractivity contribution in [2.45, 2.75) is 76.5 Å². The first-order valence-electron chi connectivity index (χ1n) is 10.5. The van der Waals surface area contributed by atoms with Crippen molar-refractivity contribution in [3.63, 3.8) is 0 Å². The van der Waals surface area contributed by atoms with Gasteiger partial charge in [0.1, 0.15) is 6.04 Å². The van der Waals surface area contributed by atoms with Gasteiger partial charge in [-0.2, -0.15) is 12.6 Å². The molecular formula is C20H37N3O4S. The molecule has 0 aromatic heterocycles. The molecule has 28 heavy (non-hydrogen) atoms. The number of thiol groups is 1. The van der Waals surface area contributed by atoms with Gasteiger partial charge in [-0.3, -0.25) is 14.4 Å². The van der Waals surface area contributed by atoms with Crippen molar-refractivity contribution < 1.29 is 19.5 Å². The van der Waals surface area contributed by atoms with Gasteiger partial charge in [0.2, 0.25) is 11.8 Å². The molecule has 162 valence electrons. The van der Waals surface area contributed by atoms with E-state index >= 15 is 0 Å². The van der Waals surface area contributed by atoms with Gasteiger partial charge in [0.25, 0.3) is 0 Å². The van der Waals surface area contributed by atoms with Crippen LogP contribution in [0.5, 0.6) is 0 Å². The van der Waals surface area contributed by atoms with E-state index in [0.717, 1.165) is 45.2 Å². The summed E-state index contributed by atoms with van der Waals surface area (Å²) in [5.41, 5.74) is 0. The second-order valence-corrected chi connectivity index (χ2v) is 8.72. The average molecular weight is 416 g/mol. The monoisotopic (exact) mass is 415 g/mol. The molecule has 1 saturated heterocycles. The first-order valence-corrected chi connectivity index (χ1v) is 11.0. The molecule has 1 aliphatic heterocycles. The molecule has 8 heteroatoms. The Hall–Kier alpha value is -1.28. The molecular weight excluding hydrogens is 378 g/mol. The van der Waals surface area contributed by atoms with E-state index in [4.69, 9.17) is 5.11 Å². The highest BCUT2D eigenvalue weighted by atomic mass is 32.1. The number of carboxylic acids is 1. The third-order valence-electron chi connectivity index (χ3n) is 4.97. The maximum Gasteiger partial charge on any atom is 0.304 e. The van der Waals surface area contributed by atoms with Crippen molar-refractivity contribution in [2.75, 3.05) is 19.6 Å². The Bertz CT molecular complexity index is 502. The second-order valence-electron chi connectivity index (χ2n) is 8.06. The quantitative estimate of drug-likeness (QED) is 0.409. The molecule has 1 aliphatic rings. The summed E-state index contributed by atoms with van der Waals surface area (Å²) >= 11 is 4.38. The lowest BCUT2D eigenvalue weighted by Gasteiger charge is -2.26. The summed E-state index contributed by atoms with van der Waals surface area (Å²) in [5, 5.41) is 17.7. The SMILES string of the molecule is CC(C)CC(C(=O)NC1CCCCNCCCCCNC1=O)C(S)CC(=O)O. The average Bonchev–Trinajstić information content (AvgIpc) is 2.63. The van der Waals surface area contributed by atoms with Crippen LogP contribution in [0.15, 0.2) is 0 Å². The van der Waals surface area contributed by atoms with Gasteiger partial charge in [0.05, 0.1) is 12.3 Å². The number of carbonyl (C=O) groups excluding carboxylic acids is 2. The second kappa shape index (κ2) is 13.8. The number of aliphatic carboxylic acids is 1. The van der Waals surface area contributed by atoms with E-state index in [2.05, 4.69) is 28.6 Å². The van der Waals surface area contributed by atoms with E-state index in [-0.39, 0.29) is 24.2 Å². The maximum absolute atomic E-state index is 12.9. The topological polar surface area (TPSA) is 108 Å². The van der Waals surface area contributed by atoms with Crippen LogP contribution in [0, 0.1) is 11.8 Å². The highest BCUT2D eigenvalue weighted by Gasteiger charge is 2.31. The standard InChI is InChI=1S/C20H37N3O4S/c1-14(2)12-15(17(28)13-18(24)25)19(26)23-16-8-4-7-10-21-9-5-3-6-11-22-20(16)27/h14-17,21,28H,3-13H2,1-2H3,(H,22,27)(H,23,26)(H,24,25). The van der Waals surface area contributed by atoms with Crippen LogP contribution < -0.4 is 16.0 Å². The van der Waals surface area contributed by atoms with Crippen LogP contribution in [-0.2, 0) is 14.4 Å². The molecule has 0 bridgehead atoms. The van der Waals surface area contributed by atoms with E-state index in [1.807, 2.05) is 13.8 Å². The summed E-state index contributed by atoms with van der Waals surface area (Å²) < 4.78 is 0. The lowest BCUT2D eigenvalue weighted by molar-refractivity contribution is -0.137. The van der Waals surface area contributed by atoms with Crippen molar-refractivity contribution in [3.8, 4) is 0 Å². The Labute approximate surface area is 174 Å². The highest BCUT2D eigenvalue weighted by Crippen LogP contribution is 2.23. The molecule has 1 fully saturated rings. The maximum atomic E-state index is 12.9. The Balaban J connectivity index is 2.77. The van der Waals surface area contributed by atoms with Crippen molar-refractivity contribution in [2.24, 2.45) is 11.8 Å². The molecule has 0 spiro atoms. The van der Waals surface area contributed by atoms with Gasteiger partial charge < -0.3 is 21.1 Å². The summed E-state index contributed by atoms with van der Waals surface area (Å²) in [6.45, 7) is 6.49. The molecule has 0 aromatic carbocycles. The fourth-order valence-corrected chi connectivity index (χ4v) is 3.84. The molecule has 1 rings (SSSR count). The van der Waals surface area contributed by atoms with Crippen LogP contribution in [0.3, 0.4) is 0 Å². The van der Waals surface area contributed by atoms with Crippen LogP contribution in [0.4, 0.5) is 0 Å². The van der Waals surface area contributed by atoms with Gasteiger partial charge in [0.15, 0.2) is 0 Å². The molecule has 3 unspecified atom stereocenters. The zero-order chi connectivity index (χ0) is 20.9. The van der Waals surface area contributed by atoms with Gasteiger partial charge in [-0.1, -0.05) is 20.3 Å². The van der Waals surface area contributed by atoms with Crippen molar-refractivity contribution in [1.82, 2.24) is 16.0 Å². The smallest absolute Gasteiger partial charge is 0.304 e. The minimum Gasteiger partial charge on any atom is -0.481 e.